The number of fused-ring (bicyclic) bond motifs is 1. The molecule has 2 rings (SSSR count). The molecule has 0 aromatic heterocycles. The van der Waals surface area contributed by atoms with Gasteiger partial charge in [0.2, 0.25) is 10.0 Å². The van der Waals surface area contributed by atoms with E-state index in [1.165, 1.54) is 0 Å². The Bertz CT molecular complexity index is 609. The van der Waals surface area contributed by atoms with Crippen molar-refractivity contribution in [2.45, 2.75) is 44.6 Å². The zero-order valence-electron chi connectivity index (χ0n) is 13.1. The first-order chi connectivity index (χ1) is 9.70. The maximum absolute atomic E-state index is 12.2. The lowest BCUT2D eigenvalue weighted by atomic mass is 10.1. The molecule has 0 radical (unpaired) electrons. The second-order valence-electron chi connectivity index (χ2n) is 6.45. The normalized spacial score (nSPS) is 17.0. The van der Waals surface area contributed by atoms with Crippen LogP contribution in [-0.4, -0.2) is 27.1 Å². The van der Waals surface area contributed by atoms with Crippen molar-refractivity contribution < 1.29 is 13.2 Å². The lowest BCUT2D eigenvalue weighted by molar-refractivity contribution is 0.116. The molecule has 0 saturated heterocycles. The molecule has 0 atom stereocenters. The Morgan fingerprint density at radius 1 is 1.38 bits per heavy atom. The summed E-state index contributed by atoms with van der Waals surface area (Å²) in [5, 5.41) is 3.22. The lowest BCUT2D eigenvalue weighted by Gasteiger charge is -2.33. The van der Waals surface area contributed by atoms with E-state index in [2.05, 4.69) is 23.9 Å². The molecule has 1 aliphatic heterocycles. The summed E-state index contributed by atoms with van der Waals surface area (Å²) in [5.41, 5.74) is 0.434. The molecule has 0 saturated carbocycles. The van der Waals surface area contributed by atoms with Crippen LogP contribution in [0.3, 0.4) is 0 Å². The van der Waals surface area contributed by atoms with Gasteiger partial charge in [0.25, 0.3) is 0 Å². The van der Waals surface area contributed by atoms with Crippen molar-refractivity contribution >= 4 is 15.7 Å². The first-order valence-corrected chi connectivity index (χ1v) is 8.74. The van der Waals surface area contributed by atoms with Gasteiger partial charge in [-0.15, -0.1) is 0 Å². The molecule has 21 heavy (non-hydrogen) atoms. The predicted octanol–water partition coefficient (Wildman–Crippen LogP) is 2.59. The average molecular weight is 312 g/mol. The maximum Gasteiger partial charge on any atom is 0.240 e. The van der Waals surface area contributed by atoms with Crippen molar-refractivity contribution in [3.8, 4) is 5.75 Å². The Labute approximate surface area is 127 Å². The van der Waals surface area contributed by atoms with Gasteiger partial charge in [0.1, 0.15) is 11.4 Å². The Balaban J connectivity index is 2.15. The largest absolute Gasteiger partial charge is 0.484 e. The van der Waals surface area contributed by atoms with E-state index in [4.69, 9.17) is 4.74 Å². The topological polar surface area (TPSA) is 67.4 Å². The van der Waals surface area contributed by atoms with Gasteiger partial charge in [-0.2, -0.15) is 0 Å². The second kappa shape index (κ2) is 5.85. The molecule has 0 spiro atoms. The predicted molar refractivity (Wildman–Crippen MR) is 84.3 cm³/mol. The summed E-state index contributed by atoms with van der Waals surface area (Å²) in [7, 11) is -3.46. The van der Waals surface area contributed by atoms with Crippen LogP contribution in [0.4, 0.5) is 5.69 Å². The number of sulfonamides is 1. The zero-order chi connectivity index (χ0) is 15.7. The summed E-state index contributed by atoms with van der Waals surface area (Å²) in [6.45, 7) is 9.20. The third-order valence-electron chi connectivity index (χ3n) is 3.37. The summed E-state index contributed by atoms with van der Waals surface area (Å²) >= 11 is 0. The van der Waals surface area contributed by atoms with Gasteiger partial charge in [-0.1, -0.05) is 13.8 Å². The van der Waals surface area contributed by atoms with Crippen LogP contribution in [0.25, 0.3) is 0 Å². The van der Waals surface area contributed by atoms with Crippen molar-refractivity contribution in [2.75, 3.05) is 18.4 Å². The van der Waals surface area contributed by atoms with Gasteiger partial charge >= 0.3 is 0 Å². The molecule has 1 aliphatic rings. The van der Waals surface area contributed by atoms with Crippen molar-refractivity contribution in [2.24, 2.45) is 5.92 Å². The molecule has 2 N–H and O–H groups in total. The fourth-order valence-corrected chi connectivity index (χ4v) is 3.18. The quantitative estimate of drug-likeness (QED) is 0.877. The third kappa shape index (κ3) is 4.11. The first-order valence-electron chi connectivity index (χ1n) is 7.26. The van der Waals surface area contributed by atoms with Crippen LogP contribution in [-0.2, 0) is 10.0 Å². The summed E-state index contributed by atoms with van der Waals surface area (Å²) in [4.78, 5) is 0.265. The molecule has 6 heteroatoms. The van der Waals surface area contributed by atoms with E-state index in [0.29, 0.717) is 24.8 Å². The molecule has 1 aromatic rings. The van der Waals surface area contributed by atoms with Crippen molar-refractivity contribution in [1.82, 2.24) is 4.72 Å². The number of ether oxygens (including phenoxy) is 1. The molecule has 0 fully saturated rings. The standard InChI is InChI=1S/C15H24N2O3S/c1-11(2)7-8-17-21(18,19)12-5-6-14-13(9-12)16-10-15(3,4)20-14/h5-6,9,11,16-17H,7-8,10H2,1-4H3. The maximum atomic E-state index is 12.2. The SMILES string of the molecule is CC(C)CCNS(=O)(=O)c1ccc2c(c1)NCC(C)(C)O2. The highest BCUT2D eigenvalue weighted by molar-refractivity contribution is 7.89. The van der Waals surface area contributed by atoms with Gasteiger partial charge in [-0.05, 0) is 44.4 Å². The summed E-state index contributed by atoms with van der Waals surface area (Å²) in [6, 6.07) is 4.92. The summed E-state index contributed by atoms with van der Waals surface area (Å²) in [6.07, 6.45) is 0.819. The highest BCUT2D eigenvalue weighted by Gasteiger charge is 2.27. The van der Waals surface area contributed by atoms with Gasteiger partial charge in [0.15, 0.2) is 0 Å². The molecule has 0 unspecified atom stereocenters. The minimum absolute atomic E-state index is 0.265. The van der Waals surface area contributed by atoms with Crippen molar-refractivity contribution in [1.29, 1.82) is 0 Å². The molecule has 1 aromatic carbocycles. The summed E-state index contributed by atoms with van der Waals surface area (Å²) < 4.78 is 32.9. The van der Waals surface area contributed by atoms with Crippen LogP contribution in [0.15, 0.2) is 23.1 Å². The Kier molecular flexibility index (Phi) is 4.49. The number of benzene rings is 1. The minimum Gasteiger partial charge on any atom is -0.484 e. The monoisotopic (exact) mass is 312 g/mol. The van der Waals surface area contributed by atoms with E-state index in [1.807, 2.05) is 13.8 Å². The zero-order valence-corrected chi connectivity index (χ0v) is 13.9. The molecule has 0 amide bonds. The van der Waals surface area contributed by atoms with Crippen molar-refractivity contribution in [3.05, 3.63) is 18.2 Å². The van der Waals surface area contributed by atoms with E-state index < -0.39 is 10.0 Å². The Hall–Kier alpha value is -1.27. The van der Waals surface area contributed by atoms with Crippen LogP contribution in [0.5, 0.6) is 5.75 Å². The van der Waals surface area contributed by atoms with Gasteiger partial charge in [-0.25, -0.2) is 13.1 Å². The van der Waals surface area contributed by atoms with Gasteiger partial charge in [-0.3, -0.25) is 0 Å². The second-order valence-corrected chi connectivity index (χ2v) is 8.22. The summed E-state index contributed by atoms with van der Waals surface area (Å²) in [5.74, 6) is 1.15. The third-order valence-corrected chi connectivity index (χ3v) is 4.82. The Morgan fingerprint density at radius 2 is 2.10 bits per heavy atom. The van der Waals surface area contributed by atoms with Crippen LogP contribution in [0.1, 0.15) is 34.1 Å². The number of rotatable bonds is 5. The fraction of sp³-hybridized carbons (Fsp3) is 0.600. The molecular weight excluding hydrogens is 288 g/mol. The van der Waals surface area contributed by atoms with Gasteiger partial charge < -0.3 is 10.1 Å². The van der Waals surface area contributed by atoms with E-state index in [0.717, 1.165) is 12.1 Å². The Morgan fingerprint density at radius 3 is 2.76 bits per heavy atom. The highest BCUT2D eigenvalue weighted by atomic mass is 32.2. The van der Waals surface area contributed by atoms with E-state index in [9.17, 15) is 8.42 Å². The molecular formula is C15H24N2O3S. The van der Waals surface area contributed by atoms with Crippen LogP contribution in [0, 0.1) is 5.92 Å². The van der Waals surface area contributed by atoms with Crippen LogP contribution in [0.2, 0.25) is 0 Å². The number of hydrogen-bond donors (Lipinski definition) is 2. The smallest absolute Gasteiger partial charge is 0.240 e. The van der Waals surface area contributed by atoms with E-state index >= 15 is 0 Å². The average Bonchev–Trinajstić information content (AvgIpc) is 2.36. The molecule has 0 aliphatic carbocycles. The number of hydrogen-bond acceptors (Lipinski definition) is 4. The van der Waals surface area contributed by atoms with E-state index in [-0.39, 0.29) is 10.5 Å². The molecule has 5 nitrogen and oxygen atoms in total. The van der Waals surface area contributed by atoms with Crippen LogP contribution >= 0.6 is 0 Å². The van der Waals surface area contributed by atoms with E-state index in [1.54, 1.807) is 18.2 Å². The molecule has 118 valence electrons. The molecule has 0 bridgehead atoms. The fourth-order valence-electron chi connectivity index (χ4n) is 2.11. The van der Waals surface area contributed by atoms with Gasteiger partial charge in [0, 0.05) is 6.54 Å². The number of nitrogens with one attached hydrogen (secondary N) is 2. The highest BCUT2D eigenvalue weighted by Crippen LogP contribution is 2.34. The lowest BCUT2D eigenvalue weighted by Crippen LogP contribution is -2.40. The minimum atomic E-state index is -3.46. The molecule has 1 heterocycles. The van der Waals surface area contributed by atoms with Gasteiger partial charge in [0.05, 0.1) is 17.1 Å². The van der Waals surface area contributed by atoms with Crippen molar-refractivity contribution in [3.63, 3.8) is 0 Å². The number of anilines is 1. The van der Waals surface area contributed by atoms with Crippen LogP contribution < -0.4 is 14.8 Å². The first kappa shape index (κ1) is 16.1.